The summed E-state index contributed by atoms with van der Waals surface area (Å²) in [7, 11) is 0. The summed E-state index contributed by atoms with van der Waals surface area (Å²) in [6, 6.07) is 4.15. The van der Waals surface area contributed by atoms with Gasteiger partial charge in [0.15, 0.2) is 0 Å². The van der Waals surface area contributed by atoms with Gasteiger partial charge in [-0.25, -0.2) is 4.98 Å². The van der Waals surface area contributed by atoms with Gasteiger partial charge in [-0.15, -0.1) is 0 Å². The van der Waals surface area contributed by atoms with E-state index < -0.39 is 0 Å². The Bertz CT molecular complexity index is 433. The van der Waals surface area contributed by atoms with Gasteiger partial charge in [0.2, 0.25) is 5.88 Å². The van der Waals surface area contributed by atoms with Gasteiger partial charge in [-0.1, -0.05) is 26.8 Å². The Labute approximate surface area is 123 Å². The summed E-state index contributed by atoms with van der Waals surface area (Å²) in [6.45, 7) is 10.7. The van der Waals surface area contributed by atoms with E-state index in [1.807, 2.05) is 6.07 Å². The molecule has 1 aromatic rings. The highest BCUT2D eigenvalue weighted by atomic mass is 16.5. The van der Waals surface area contributed by atoms with Crippen LogP contribution in [0.4, 0.5) is 0 Å². The maximum Gasteiger partial charge on any atom is 0.213 e. The lowest BCUT2D eigenvalue weighted by Crippen LogP contribution is -2.28. The van der Waals surface area contributed by atoms with Crippen molar-refractivity contribution in [2.75, 3.05) is 6.54 Å². The first-order valence-electron chi connectivity index (χ1n) is 7.84. The molecule has 0 radical (unpaired) electrons. The minimum atomic E-state index is 0.342. The van der Waals surface area contributed by atoms with Gasteiger partial charge in [-0.05, 0) is 50.1 Å². The smallest absolute Gasteiger partial charge is 0.213 e. The van der Waals surface area contributed by atoms with Crippen molar-refractivity contribution in [1.82, 2.24) is 10.3 Å². The fourth-order valence-corrected chi connectivity index (χ4v) is 2.74. The van der Waals surface area contributed by atoms with E-state index in [2.05, 4.69) is 44.1 Å². The Balaban J connectivity index is 1.92. The van der Waals surface area contributed by atoms with Crippen LogP contribution in [0.2, 0.25) is 0 Å². The minimum Gasteiger partial charge on any atom is -0.474 e. The molecule has 1 saturated carbocycles. The molecule has 20 heavy (non-hydrogen) atoms. The monoisotopic (exact) mass is 276 g/mol. The number of nitrogens with one attached hydrogen (secondary N) is 1. The largest absolute Gasteiger partial charge is 0.474 e. The lowest BCUT2D eigenvalue weighted by molar-refractivity contribution is 0.0947. The zero-order valence-corrected chi connectivity index (χ0v) is 13.3. The lowest BCUT2D eigenvalue weighted by atomic mass is 9.76. The van der Waals surface area contributed by atoms with Gasteiger partial charge in [0.1, 0.15) is 6.10 Å². The number of nitrogens with zero attached hydrogens (tertiary/aromatic N) is 1. The van der Waals surface area contributed by atoms with Crippen LogP contribution in [0.15, 0.2) is 12.1 Å². The van der Waals surface area contributed by atoms with Crippen molar-refractivity contribution in [2.45, 2.75) is 66.0 Å². The number of hydrogen-bond donors (Lipinski definition) is 1. The minimum absolute atomic E-state index is 0.342. The second-order valence-electron chi connectivity index (χ2n) is 6.66. The fourth-order valence-electron chi connectivity index (χ4n) is 2.74. The van der Waals surface area contributed by atoms with Crippen LogP contribution in [-0.4, -0.2) is 17.6 Å². The van der Waals surface area contributed by atoms with E-state index in [1.54, 1.807) is 0 Å². The van der Waals surface area contributed by atoms with Crippen LogP contribution in [0.5, 0.6) is 5.88 Å². The number of ether oxygens (including phenoxy) is 1. The van der Waals surface area contributed by atoms with Crippen LogP contribution in [0.3, 0.4) is 0 Å². The third-order valence-corrected chi connectivity index (χ3v) is 4.31. The van der Waals surface area contributed by atoms with Crippen LogP contribution >= 0.6 is 0 Å². The molecule has 0 aromatic carbocycles. The molecule has 3 nitrogen and oxygen atoms in total. The Morgan fingerprint density at radius 2 is 2.00 bits per heavy atom. The van der Waals surface area contributed by atoms with E-state index in [9.17, 15) is 0 Å². The molecule has 0 amide bonds. The Kier molecular flexibility index (Phi) is 5.03. The zero-order valence-electron chi connectivity index (χ0n) is 13.3. The molecule has 1 aliphatic carbocycles. The molecule has 1 aliphatic rings. The van der Waals surface area contributed by atoms with Crippen LogP contribution in [0.1, 0.15) is 57.7 Å². The highest BCUT2D eigenvalue weighted by molar-refractivity contribution is 5.25. The normalized spacial score (nSPS) is 19.0. The van der Waals surface area contributed by atoms with Crippen molar-refractivity contribution < 1.29 is 4.74 Å². The third kappa shape index (κ3) is 4.20. The predicted molar refractivity (Wildman–Crippen MR) is 83.0 cm³/mol. The van der Waals surface area contributed by atoms with E-state index in [-0.39, 0.29) is 0 Å². The molecule has 1 fully saturated rings. The highest BCUT2D eigenvalue weighted by Crippen LogP contribution is 2.36. The molecule has 0 saturated heterocycles. The molecule has 0 atom stereocenters. The summed E-state index contributed by atoms with van der Waals surface area (Å²) in [4.78, 5) is 4.59. The molecule has 0 aliphatic heterocycles. The van der Waals surface area contributed by atoms with Gasteiger partial charge in [0.05, 0.1) is 0 Å². The van der Waals surface area contributed by atoms with Gasteiger partial charge >= 0.3 is 0 Å². The van der Waals surface area contributed by atoms with Crippen molar-refractivity contribution in [2.24, 2.45) is 5.41 Å². The first-order valence-corrected chi connectivity index (χ1v) is 7.84. The van der Waals surface area contributed by atoms with Gasteiger partial charge in [-0.3, -0.25) is 0 Å². The summed E-state index contributed by atoms with van der Waals surface area (Å²) in [6.07, 6.45) is 5.12. The number of aryl methyl sites for hydroxylation is 1. The van der Waals surface area contributed by atoms with Crippen molar-refractivity contribution in [1.29, 1.82) is 0 Å². The first-order chi connectivity index (χ1) is 9.50. The SMILES string of the molecule is CCNCc1ccc(OC2CCC(C)(C)CC2)nc1C. The standard InChI is InChI=1S/C17H28N2O/c1-5-18-12-14-6-7-16(19-13(14)2)20-15-8-10-17(3,4)11-9-15/h6-7,15,18H,5,8-12H2,1-4H3. The summed E-state index contributed by atoms with van der Waals surface area (Å²) < 4.78 is 6.06. The molecular formula is C17H28N2O. The Hall–Kier alpha value is -1.09. The number of aromatic nitrogens is 1. The number of rotatable bonds is 5. The van der Waals surface area contributed by atoms with E-state index in [0.717, 1.165) is 37.5 Å². The molecule has 1 heterocycles. The van der Waals surface area contributed by atoms with Crippen LogP contribution in [0, 0.1) is 12.3 Å². The van der Waals surface area contributed by atoms with Crippen molar-refractivity contribution >= 4 is 0 Å². The van der Waals surface area contributed by atoms with Crippen molar-refractivity contribution in [3.05, 3.63) is 23.4 Å². The van der Waals surface area contributed by atoms with Gasteiger partial charge < -0.3 is 10.1 Å². The second kappa shape index (κ2) is 6.57. The summed E-state index contributed by atoms with van der Waals surface area (Å²) in [5, 5.41) is 3.33. The Morgan fingerprint density at radius 1 is 1.30 bits per heavy atom. The first kappa shape index (κ1) is 15.3. The molecule has 112 valence electrons. The summed E-state index contributed by atoms with van der Waals surface area (Å²) >= 11 is 0. The van der Waals surface area contributed by atoms with Gasteiger partial charge in [0, 0.05) is 18.3 Å². The molecule has 3 heteroatoms. The van der Waals surface area contributed by atoms with Crippen LogP contribution < -0.4 is 10.1 Å². The Morgan fingerprint density at radius 3 is 2.60 bits per heavy atom. The molecular weight excluding hydrogens is 248 g/mol. The zero-order chi connectivity index (χ0) is 14.6. The van der Waals surface area contributed by atoms with Crippen molar-refractivity contribution in [3.63, 3.8) is 0 Å². The average Bonchev–Trinajstić information content (AvgIpc) is 2.40. The third-order valence-electron chi connectivity index (χ3n) is 4.31. The molecule has 0 bridgehead atoms. The maximum absolute atomic E-state index is 6.06. The summed E-state index contributed by atoms with van der Waals surface area (Å²) in [5.41, 5.74) is 2.81. The van der Waals surface area contributed by atoms with Crippen LogP contribution in [0.25, 0.3) is 0 Å². The maximum atomic E-state index is 6.06. The quantitative estimate of drug-likeness (QED) is 0.887. The topological polar surface area (TPSA) is 34.1 Å². The predicted octanol–water partition coefficient (Wildman–Crippen LogP) is 3.85. The number of pyridine rings is 1. The van der Waals surface area contributed by atoms with E-state index in [1.165, 1.54) is 18.4 Å². The molecule has 0 unspecified atom stereocenters. The average molecular weight is 276 g/mol. The lowest BCUT2D eigenvalue weighted by Gasteiger charge is -2.34. The van der Waals surface area contributed by atoms with Gasteiger partial charge in [-0.2, -0.15) is 0 Å². The highest BCUT2D eigenvalue weighted by Gasteiger charge is 2.28. The summed E-state index contributed by atoms with van der Waals surface area (Å²) in [5.74, 6) is 0.785. The van der Waals surface area contributed by atoms with E-state index in [4.69, 9.17) is 4.74 Å². The molecule has 0 spiro atoms. The molecule has 2 rings (SSSR count). The van der Waals surface area contributed by atoms with E-state index >= 15 is 0 Å². The van der Waals surface area contributed by atoms with Crippen molar-refractivity contribution in [3.8, 4) is 5.88 Å². The van der Waals surface area contributed by atoms with Crippen LogP contribution in [-0.2, 0) is 6.54 Å². The van der Waals surface area contributed by atoms with Gasteiger partial charge in [0.25, 0.3) is 0 Å². The second-order valence-corrected chi connectivity index (χ2v) is 6.66. The molecule has 1 aromatic heterocycles. The van der Waals surface area contributed by atoms with E-state index in [0.29, 0.717) is 11.5 Å². The molecule has 1 N–H and O–H groups in total. The number of hydrogen-bond acceptors (Lipinski definition) is 3. The fraction of sp³-hybridized carbons (Fsp3) is 0.706.